The molecule has 0 radical (unpaired) electrons. The number of benzene rings is 1. The van der Waals surface area contributed by atoms with Crippen LogP contribution in [0.1, 0.15) is 25.8 Å². The molecule has 0 aromatic heterocycles. The first-order valence-electron chi connectivity index (χ1n) is 5.39. The molecule has 92 valence electrons. The minimum absolute atomic E-state index is 0.300. The van der Waals surface area contributed by atoms with E-state index in [1.54, 1.807) is 0 Å². The second-order valence-corrected chi connectivity index (χ2v) is 5.52. The fourth-order valence-electron chi connectivity index (χ4n) is 2.54. The van der Waals surface area contributed by atoms with Crippen LogP contribution in [0.4, 0.5) is 4.39 Å². The SMILES string of the molecule is COC(=O)C1(c2cc(Cl)ccc2F)CC1(C)C. The summed E-state index contributed by atoms with van der Waals surface area (Å²) >= 11 is 5.87. The lowest BCUT2D eigenvalue weighted by Gasteiger charge is -2.19. The number of rotatable bonds is 2. The van der Waals surface area contributed by atoms with Crippen molar-refractivity contribution in [3.05, 3.63) is 34.6 Å². The van der Waals surface area contributed by atoms with Gasteiger partial charge in [0.05, 0.1) is 7.11 Å². The zero-order valence-corrected chi connectivity index (χ0v) is 10.8. The lowest BCUT2D eigenvalue weighted by Crippen LogP contribution is -2.28. The molecule has 1 aromatic carbocycles. The minimum Gasteiger partial charge on any atom is -0.468 e. The second-order valence-electron chi connectivity index (χ2n) is 5.08. The Morgan fingerprint density at radius 2 is 2.06 bits per heavy atom. The van der Waals surface area contributed by atoms with Crippen molar-refractivity contribution in [3.8, 4) is 0 Å². The van der Waals surface area contributed by atoms with Gasteiger partial charge in [-0.05, 0) is 30.0 Å². The van der Waals surface area contributed by atoms with Crippen LogP contribution in [0.3, 0.4) is 0 Å². The standard InChI is InChI=1S/C13H14ClFO2/c1-12(2)7-13(12,11(16)17-3)9-6-8(14)4-5-10(9)15/h4-6H,7H2,1-3H3. The average Bonchev–Trinajstić information content (AvgIpc) is 2.85. The number of esters is 1. The maximum Gasteiger partial charge on any atom is 0.316 e. The van der Waals surface area contributed by atoms with Gasteiger partial charge in [0, 0.05) is 10.6 Å². The van der Waals surface area contributed by atoms with Gasteiger partial charge in [-0.3, -0.25) is 4.79 Å². The molecule has 0 heterocycles. The zero-order valence-electron chi connectivity index (χ0n) is 10.0. The van der Waals surface area contributed by atoms with E-state index in [1.807, 2.05) is 13.8 Å². The third-order valence-electron chi connectivity index (χ3n) is 3.66. The van der Waals surface area contributed by atoms with E-state index in [0.717, 1.165) is 0 Å². The zero-order chi connectivity index (χ0) is 12.8. The molecule has 0 amide bonds. The Hall–Kier alpha value is -1.09. The summed E-state index contributed by atoms with van der Waals surface area (Å²) in [5.74, 6) is -0.811. The van der Waals surface area contributed by atoms with Gasteiger partial charge in [-0.2, -0.15) is 0 Å². The molecule has 2 rings (SSSR count). The van der Waals surface area contributed by atoms with Gasteiger partial charge < -0.3 is 4.74 Å². The van der Waals surface area contributed by atoms with Crippen LogP contribution < -0.4 is 0 Å². The molecule has 1 aromatic rings. The quantitative estimate of drug-likeness (QED) is 0.759. The molecule has 17 heavy (non-hydrogen) atoms. The van der Waals surface area contributed by atoms with E-state index in [1.165, 1.54) is 25.3 Å². The van der Waals surface area contributed by atoms with E-state index in [9.17, 15) is 9.18 Å². The molecule has 1 saturated carbocycles. The smallest absolute Gasteiger partial charge is 0.316 e. The predicted molar refractivity (Wildman–Crippen MR) is 63.5 cm³/mol. The topological polar surface area (TPSA) is 26.3 Å². The van der Waals surface area contributed by atoms with Crippen LogP contribution in [0, 0.1) is 11.2 Å². The highest BCUT2D eigenvalue weighted by molar-refractivity contribution is 6.30. The minimum atomic E-state index is -0.892. The van der Waals surface area contributed by atoms with Gasteiger partial charge in [0.2, 0.25) is 0 Å². The Morgan fingerprint density at radius 1 is 1.47 bits per heavy atom. The van der Waals surface area contributed by atoms with Crippen LogP contribution in [0.25, 0.3) is 0 Å². The van der Waals surface area contributed by atoms with Crippen molar-refractivity contribution in [1.82, 2.24) is 0 Å². The summed E-state index contributed by atoms with van der Waals surface area (Å²) in [6, 6.07) is 4.28. The van der Waals surface area contributed by atoms with Crippen molar-refractivity contribution in [1.29, 1.82) is 0 Å². The first kappa shape index (κ1) is 12.4. The summed E-state index contributed by atoms with van der Waals surface area (Å²) in [7, 11) is 1.32. The molecule has 1 fully saturated rings. The van der Waals surface area contributed by atoms with Gasteiger partial charge in [-0.25, -0.2) is 4.39 Å². The van der Waals surface area contributed by atoms with Crippen LogP contribution in [-0.4, -0.2) is 13.1 Å². The van der Waals surface area contributed by atoms with E-state index in [-0.39, 0.29) is 5.41 Å². The number of carbonyl (C=O) groups is 1. The van der Waals surface area contributed by atoms with Crippen molar-refractivity contribution in [3.63, 3.8) is 0 Å². The highest BCUT2D eigenvalue weighted by atomic mass is 35.5. The summed E-state index contributed by atoms with van der Waals surface area (Å²) in [5, 5.41) is 0.423. The Morgan fingerprint density at radius 3 is 2.53 bits per heavy atom. The first-order valence-corrected chi connectivity index (χ1v) is 5.77. The maximum absolute atomic E-state index is 13.9. The van der Waals surface area contributed by atoms with Crippen LogP contribution >= 0.6 is 11.6 Å². The molecule has 4 heteroatoms. The van der Waals surface area contributed by atoms with Crippen LogP contribution in [0.5, 0.6) is 0 Å². The van der Waals surface area contributed by atoms with Crippen LogP contribution in [0.2, 0.25) is 5.02 Å². The molecule has 1 aliphatic rings. The molecular formula is C13H14ClFO2. The van der Waals surface area contributed by atoms with Gasteiger partial charge in [-0.1, -0.05) is 25.4 Å². The molecule has 0 spiro atoms. The van der Waals surface area contributed by atoms with Crippen LogP contribution in [0.15, 0.2) is 18.2 Å². The number of methoxy groups -OCH3 is 1. The average molecular weight is 257 g/mol. The molecule has 1 unspecified atom stereocenters. The van der Waals surface area contributed by atoms with Crippen molar-refractivity contribution < 1.29 is 13.9 Å². The molecule has 0 N–H and O–H groups in total. The Kier molecular flexibility index (Phi) is 2.69. The van der Waals surface area contributed by atoms with E-state index in [2.05, 4.69) is 0 Å². The van der Waals surface area contributed by atoms with Crippen molar-refractivity contribution in [2.45, 2.75) is 25.7 Å². The van der Waals surface area contributed by atoms with E-state index in [4.69, 9.17) is 16.3 Å². The third-order valence-corrected chi connectivity index (χ3v) is 3.89. The number of halogens is 2. The summed E-state index contributed by atoms with van der Waals surface area (Å²) in [4.78, 5) is 11.9. The van der Waals surface area contributed by atoms with Crippen molar-refractivity contribution in [2.24, 2.45) is 5.41 Å². The summed E-state index contributed by atoms with van der Waals surface area (Å²) in [5.41, 5.74) is -0.857. The van der Waals surface area contributed by atoms with E-state index in [0.29, 0.717) is 17.0 Å². The summed E-state index contributed by atoms with van der Waals surface area (Å²) in [6.07, 6.45) is 0.573. The lowest BCUT2D eigenvalue weighted by atomic mass is 9.87. The Balaban J connectivity index is 2.57. The Bertz CT molecular complexity index is 484. The predicted octanol–water partition coefficient (Wildman–Crippen LogP) is 3.32. The molecule has 1 atom stereocenters. The molecular weight excluding hydrogens is 243 g/mol. The molecule has 1 aliphatic carbocycles. The number of carbonyl (C=O) groups excluding carboxylic acids is 1. The van der Waals surface area contributed by atoms with Crippen LogP contribution in [-0.2, 0) is 14.9 Å². The fourth-order valence-corrected chi connectivity index (χ4v) is 2.71. The monoisotopic (exact) mass is 256 g/mol. The van der Waals surface area contributed by atoms with E-state index < -0.39 is 17.2 Å². The normalized spacial score (nSPS) is 25.5. The number of hydrogen-bond acceptors (Lipinski definition) is 2. The van der Waals surface area contributed by atoms with Gasteiger partial charge in [0.25, 0.3) is 0 Å². The van der Waals surface area contributed by atoms with Gasteiger partial charge in [0.15, 0.2) is 0 Å². The summed E-state index contributed by atoms with van der Waals surface area (Å²) in [6.45, 7) is 3.84. The maximum atomic E-state index is 13.9. The highest BCUT2D eigenvalue weighted by Crippen LogP contribution is 2.65. The summed E-state index contributed by atoms with van der Waals surface area (Å²) < 4.78 is 18.7. The molecule has 0 bridgehead atoms. The third kappa shape index (κ3) is 1.64. The highest BCUT2D eigenvalue weighted by Gasteiger charge is 2.69. The van der Waals surface area contributed by atoms with Gasteiger partial charge >= 0.3 is 5.97 Å². The van der Waals surface area contributed by atoms with Gasteiger partial charge in [0.1, 0.15) is 11.2 Å². The second kappa shape index (κ2) is 3.70. The Labute approximate surface area is 105 Å². The van der Waals surface area contributed by atoms with Gasteiger partial charge in [-0.15, -0.1) is 0 Å². The lowest BCUT2D eigenvalue weighted by molar-refractivity contribution is -0.144. The first-order chi connectivity index (χ1) is 7.85. The van der Waals surface area contributed by atoms with Crippen molar-refractivity contribution >= 4 is 17.6 Å². The number of ether oxygens (including phenoxy) is 1. The molecule has 0 saturated heterocycles. The van der Waals surface area contributed by atoms with Crippen molar-refractivity contribution in [2.75, 3.05) is 7.11 Å². The largest absolute Gasteiger partial charge is 0.468 e. The molecule has 0 aliphatic heterocycles. The number of hydrogen-bond donors (Lipinski definition) is 0. The molecule has 2 nitrogen and oxygen atoms in total. The fraction of sp³-hybridized carbons (Fsp3) is 0.462. The van der Waals surface area contributed by atoms with E-state index >= 15 is 0 Å².